The molecule has 0 radical (unpaired) electrons. The van der Waals surface area contributed by atoms with Crippen molar-refractivity contribution >= 4 is 22.4 Å². The molecular formula is C11H10FN3OS. The molecule has 0 saturated heterocycles. The van der Waals surface area contributed by atoms with Gasteiger partial charge in [0.25, 0.3) is 0 Å². The number of nitrogens with zero attached hydrogens (tertiary/aromatic N) is 1. The van der Waals surface area contributed by atoms with Gasteiger partial charge in [-0.15, -0.1) is 11.3 Å². The van der Waals surface area contributed by atoms with Gasteiger partial charge in [-0.1, -0.05) is 0 Å². The predicted octanol–water partition coefficient (Wildman–Crippen LogP) is 2.60. The summed E-state index contributed by atoms with van der Waals surface area (Å²) in [4.78, 5) is 15.3. The van der Waals surface area contributed by atoms with Crippen LogP contribution >= 0.6 is 11.3 Å². The van der Waals surface area contributed by atoms with E-state index >= 15 is 0 Å². The number of anilines is 1. The van der Waals surface area contributed by atoms with Gasteiger partial charge in [-0.3, -0.25) is 10.3 Å². The number of rotatable bonds is 3. The summed E-state index contributed by atoms with van der Waals surface area (Å²) in [6, 6.07) is 6.05. The third-order valence-electron chi connectivity index (χ3n) is 2.01. The molecule has 0 aromatic carbocycles. The lowest BCUT2D eigenvalue weighted by Gasteiger charge is -2.05. The number of thiophene rings is 1. The molecule has 2 rings (SSSR count). The van der Waals surface area contributed by atoms with Crippen LogP contribution in [0.25, 0.3) is 0 Å². The van der Waals surface area contributed by atoms with Crippen LogP contribution in [0, 0.1) is 5.82 Å². The number of amides is 2. The molecule has 2 N–H and O–H groups in total. The lowest BCUT2D eigenvalue weighted by atomic mass is 10.3. The molecule has 0 bridgehead atoms. The highest BCUT2D eigenvalue weighted by Crippen LogP contribution is 2.14. The first-order valence-electron chi connectivity index (χ1n) is 4.93. The SMILES string of the molecule is O=C(NCc1ncccc1F)Nc1cccs1. The van der Waals surface area contributed by atoms with Crippen LogP contribution in [0.1, 0.15) is 5.69 Å². The Balaban J connectivity index is 1.86. The second kappa shape index (κ2) is 5.40. The van der Waals surface area contributed by atoms with Gasteiger partial charge in [-0.25, -0.2) is 9.18 Å². The van der Waals surface area contributed by atoms with Gasteiger partial charge in [0.15, 0.2) is 0 Å². The number of hydrogen-bond acceptors (Lipinski definition) is 3. The van der Waals surface area contributed by atoms with Crippen molar-refractivity contribution in [2.24, 2.45) is 0 Å². The highest BCUT2D eigenvalue weighted by atomic mass is 32.1. The molecule has 2 heterocycles. The Kier molecular flexibility index (Phi) is 3.66. The Labute approximate surface area is 102 Å². The zero-order valence-corrected chi connectivity index (χ0v) is 9.63. The minimum atomic E-state index is -0.427. The van der Waals surface area contributed by atoms with Gasteiger partial charge in [0.1, 0.15) is 5.82 Å². The van der Waals surface area contributed by atoms with E-state index in [1.165, 1.54) is 29.7 Å². The molecule has 17 heavy (non-hydrogen) atoms. The standard InChI is InChI=1S/C11H10FN3OS/c12-8-3-1-5-13-9(8)7-14-11(16)15-10-4-2-6-17-10/h1-6H,7H2,(H2,14,15,16). The lowest BCUT2D eigenvalue weighted by Crippen LogP contribution is -2.28. The van der Waals surface area contributed by atoms with Crippen molar-refractivity contribution < 1.29 is 9.18 Å². The van der Waals surface area contributed by atoms with E-state index in [1.54, 1.807) is 6.07 Å². The maximum absolute atomic E-state index is 13.2. The summed E-state index contributed by atoms with van der Waals surface area (Å²) in [5, 5.41) is 7.76. The summed E-state index contributed by atoms with van der Waals surface area (Å²) in [6.45, 7) is 0.0594. The van der Waals surface area contributed by atoms with E-state index in [9.17, 15) is 9.18 Å². The van der Waals surface area contributed by atoms with Crippen LogP contribution < -0.4 is 10.6 Å². The quantitative estimate of drug-likeness (QED) is 0.881. The number of halogens is 1. The molecule has 0 unspecified atom stereocenters. The fraction of sp³-hybridized carbons (Fsp3) is 0.0909. The minimum Gasteiger partial charge on any atom is -0.332 e. The van der Waals surface area contributed by atoms with Crippen molar-refractivity contribution in [3.8, 4) is 0 Å². The topological polar surface area (TPSA) is 54.0 Å². The van der Waals surface area contributed by atoms with Crippen molar-refractivity contribution in [3.63, 3.8) is 0 Å². The fourth-order valence-corrected chi connectivity index (χ4v) is 1.83. The Bertz CT molecular complexity index is 501. The third-order valence-corrected chi connectivity index (χ3v) is 2.79. The van der Waals surface area contributed by atoms with Crippen molar-refractivity contribution in [3.05, 3.63) is 47.4 Å². The summed E-state index contributed by atoms with van der Waals surface area (Å²) in [5.41, 5.74) is 0.217. The van der Waals surface area contributed by atoms with Crippen LogP contribution in [-0.2, 0) is 6.54 Å². The zero-order chi connectivity index (χ0) is 12.1. The van der Waals surface area contributed by atoms with E-state index in [1.807, 2.05) is 11.4 Å². The van der Waals surface area contributed by atoms with Crippen molar-refractivity contribution in [2.75, 3.05) is 5.32 Å². The smallest absolute Gasteiger partial charge is 0.320 e. The molecule has 0 atom stereocenters. The van der Waals surface area contributed by atoms with Crippen LogP contribution in [0.5, 0.6) is 0 Å². The largest absolute Gasteiger partial charge is 0.332 e. The van der Waals surface area contributed by atoms with E-state index < -0.39 is 5.82 Å². The lowest BCUT2D eigenvalue weighted by molar-refractivity contribution is 0.251. The van der Waals surface area contributed by atoms with E-state index in [0.29, 0.717) is 0 Å². The predicted molar refractivity (Wildman–Crippen MR) is 64.4 cm³/mol. The summed E-state index contributed by atoms with van der Waals surface area (Å²) in [7, 11) is 0. The average molecular weight is 251 g/mol. The molecule has 0 fully saturated rings. The van der Waals surface area contributed by atoms with Crippen molar-refractivity contribution in [1.82, 2.24) is 10.3 Å². The fourth-order valence-electron chi connectivity index (χ4n) is 1.22. The average Bonchev–Trinajstić information content (AvgIpc) is 2.81. The maximum Gasteiger partial charge on any atom is 0.320 e. The highest BCUT2D eigenvalue weighted by molar-refractivity contribution is 7.14. The number of nitrogens with one attached hydrogen (secondary N) is 2. The number of carbonyl (C=O) groups is 1. The van der Waals surface area contributed by atoms with Crippen LogP contribution in [0.15, 0.2) is 35.8 Å². The van der Waals surface area contributed by atoms with E-state index in [4.69, 9.17) is 0 Å². The molecule has 0 saturated carbocycles. The molecule has 88 valence electrons. The molecule has 0 aliphatic carbocycles. The number of carbonyl (C=O) groups excluding carboxylic acids is 1. The molecule has 6 heteroatoms. The van der Waals surface area contributed by atoms with Crippen molar-refractivity contribution in [2.45, 2.75) is 6.54 Å². The Hall–Kier alpha value is -1.95. The third kappa shape index (κ3) is 3.25. The van der Waals surface area contributed by atoms with Crippen LogP contribution in [0.3, 0.4) is 0 Å². The van der Waals surface area contributed by atoms with E-state index in [0.717, 1.165) is 5.00 Å². The monoisotopic (exact) mass is 251 g/mol. The summed E-state index contributed by atoms with van der Waals surface area (Å²) in [5.74, 6) is -0.427. The van der Waals surface area contributed by atoms with Gasteiger partial charge in [0.2, 0.25) is 0 Å². The highest BCUT2D eigenvalue weighted by Gasteiger charge is 2.05. The maximum atomic E-state index is 13.2. The zero-order valence-electron chi connectivity index (χ0n) is 8.81. The van der Waals surface area contributed by atoms with E-state index in [2.05, 4.69) is 15.6 Å². The summed E-state index contributed by atoms with van der Waals surface area (Å²) < 4.78 is 13.2. The second-order valence-electron chi connectivity index (χ2n) is 3.22. The van der Waals surface area contributed by atoms with E-state index in [-0.39, 0.29) is 18.3 Å². The summed E-state index contributed by atoms with van der Waals surface area (Å²) in [6.07, 6.45) is 1.48. The molecule has 2 aromatic heterocycles. The Morgan fingerprint density at radius 1 is 1.41 bits per heavy atom. The molecule has 0 aliphatic rings. The van der Waals surface area contributed by atoms with Crippen LogP contribution in [0.2, 0.25) is 0 Å². The second-order valence-corrected chi connectivity index (χ2v) is 4.16. The number of pyridine rings is 1. The molecule has 0 spiro atoms. The first kappa shape index (κ1) is 11.5. The molecule has 2 aromatic rings. The normalized spacial score (nSPS) is 9.94. The number of urea groups is 1. The first-order valence-corrected chi connectivity index (χ1v) is 5.81. The number of aromatic nitrogens is 1. The van der Waals surface area contributed by atoms with Crippen LogP contribution in [0.4, 0.5) is 14.2 Å². The van der Waals surface area contributed by atoms with Gasteiger partial charge in [-0.05, 0) is 29.6 Å². The van der Waals surface area contributed by atoms with Crippen molar-refractivity contribution in [1.29, 1.82) is 0 Å². The van der Waals surface area contributed by atoms with Gasteiger partial charge in [0.05, 0.1) is 17.2 Å². The van der Waals surface area contributed by atoms with Gasteiger partial charge in [0, 0.05) is 6.20 Å². The van der Waals surface area contributed by atoms with Gasteiger partial charge in [-0.2, -0.15) is 0 Å². The Morgan fingerprint density at radius 3 is 3.00 bits per heavy atom. The van der Waals surface area contributed by atoms with Crippen LogP contribution in [-0.4, -0.2) is 11.0 Å². The molecule has 4 nitrogen and oxygen atoms in total. The summed E-state index contributed by atoms with van der Waals surface area (Å²) >= 11 is 1.41. The Morgan fingerprint density at radius 2 is 2.29 bits per heavy atom. The number of hydrogen-bond donors (Lipinski definition) is 2. The molecule has 0 aliphatic heterocycles. The van der Waals surface area contributed by atoms with Gasteiger partial charge >= 0.3 is 6.03 Å². The minimum absolute atomic E-state index is 0.0594. The molecule has 2 amide bonds. The first-order chi connectivity index (χ1) is 8.25. The van der Waals surface area contributed by atoms with Gasteiger partial charge < -0.3 is 5.32 Å². The molecular weight excluding hydrogens is 241 g/mol.